The Labute approximate surface area is 155 Å². The van der Waals surface area contributed by atoms with Crippen LogP contribution < -0.4 is 11.2 Å². The van der Waals surface area contributed by atoms with E-state index in [1.165, 1.54) is 11.0 Å². The number of ketones is 1. The number of halogens is 2. The maximum Gasteiger partial charge on any atom is 0.290 e. The number of hydrogen-bond acceptors (Lipinski definition) is 4. The summed E-state index contributed by atoms with van der Waals surface area (Å²) in [6.45, 7) is 0. The van der Waals surface area contributed by atoms with Gasteiger partial charge < -0.3 is 10.6 Å². The van der Waals surface area contributed by atoms with Gasteiger partial charge >= 0.3 is 0 Å². The molecule has 0 bridgehead atoms. The maximum atomic E-state index is 12.8. The fourth-order valence-corrected chi connectivity index (χ4v) is 2.38. The van der Waals surface area contributed by atoms with Crippen molar-refractivity contribution in [2.75, 3.05) is 19.5 Å². The summed E-state index contributed by atoms with van der Waals surface area (Å²) in [5.74, 6) is -1.03. The van der Waals surface area contributed by atoms with Gasteiger partial charge in [0.05, 0.1) is 10.7 Å². The molecule has 1 amide bonds. The second-order valence-electron chi connectivity index (χ2n) is 5.31. The van der Waals surface area contributed by atoms with Gasteiger partial charge in [-0.1, -0.05) is 35.3 Å². The predicted octanol–water partition coefficient (Wildman–Crippen LogP) is 3.00. The highest BCUT2D eigenvalue weighted by molar-refractivity contribution is 6.37. The number of carbonyl (C=O) groups excluding carboxylic acids is 2. The Balaban J connectivity index is 2.38. The molecule has 0 atom stereocenters. The van der Waals surface area contributed by atoms with Crippen LogP contribution in [0.15, 0.2) is 47.6 Å². The molecule has 130 valence electrons. The molecule has 2 rings (SSSR count). The first-order valence-corrected chi connectivity index (χ1v) is 7.96. The van der Waals surface area contributed by atoms with Crippen LogP contribution >= 0.6 is 23.2 Å². The van der Waals surface area contributed by atoms with E-state index in [9.17, 15) is 9.59 Å². The van der Waals surface area contributed by atoms with Crippen molar-refractivity contribution < 1.29 is 9.59 Å². The second kappa shape index (κ2) is 8.00. The van der Waals surface area contributed by atoms with Crippen LogP contribution in [0.2, 0.25) is 10.0 Å². The summed E-state index contributed by atoms with van der Waals surface area (Å²) < 4.78 is 0. The highest BCUT2D eigenvalue weighted by Crippen LogP contribution is 2.26. The van der Waals surface area contributed by atoms with E-state index in [4.69, 9.17) is 28.9 Å². The van der Waals surface area contributed by atoms with Gasteiger partial charge in [-0.15, -0.1) is 0 Å². The second-order valence-corrected chi connectivity index (χ2v) is 6.15. The van der Waals surface area contributed by atoms with Crippen molar-refractivity contribution in [3.05, 3.63) is 63.6 Å². The van der Waals surface area contributed by atoms with E-state index in [1.807, 2.05) is 0 Å². The van der Waals surface area contributed by atoms with Gasteiger partial charge in [-0.2, -0.15) is 5.10 Å². The Morgan fingerprint density at radius 3 is 2.40 bits per heavy atom. The Kier molecular flexibility index (Phi) is 6.01. The van der Waals surface area contributed by atoms with Crippen LogP contribution in [0.25, 0.3) is 0 Å². The summed E-state index contributed by atoms with van der Waals surface area (Å²) >= 11 is 12.1. The summed E-state index contributed by atoms with van der Waals surface area (Å²) in [6.07, 6.45) is 0. The van der Waals surface area contributed by atoms with Gasteiger partial charge in [-0.3, -0.25) is 15.0 Å². The standard InChI is InChI=1S/C17H16Cl2N4O2/c1-23(2)17(25)16(20)22-21-14-8-7-10(18)9-12(14)15(24)11-5-3-4-6-13(11)19/h3-9,21H,1-2H3,(H2,20,22). The first-order valence-electron chi connectivity index (χ1n) is 7.21. The number of likely N-dealkylation sites (N-methyl/N-ethyl adjacent to an activating group) is 1. The smallest absolute Gasteiger partial charge is 0.290 e. The third-order valence-electron chi connectivity index (χ3n) is 3.27. The molecule has 0 aliphatic rings. The molecule has 0 unspecified atom stereocenters. The third kappa shape index (κ3) is 4.49. The lowest BCUT2D eigenvalue weighted by atomic mass is 10.0. The minimum atomic E-state index is -0.458. The van der Waals surface area contributed by atoms with Crippen molar-refractivity contribution in [2.24, 2.45) is 10.8 Å². The van der Waals surface area contributed by atoms with Crippen molar-refractivity contribution in [1.82, 2.24) is 4.90 Å². The summed E-state index contributed by atoms with van der Waals surface area (Å²) in [4.78, 5) is 25.8. The monoisotopic (exact) mass is 378 g/mol. The SMILES string of the molecule is CN(C)C(=O)/C(N)=N/Nc1ccc(Cl)cc1C(=O)c1ccccc1Cl. The molecular weight excluding hydrogens is 363 g/mol. The molecule has 0 radical (unpaired) electrons. The number of nitrogens with two attached hydrogens (primary N) is 1. The van der Waals surface area contributed by atoms with Crippen LogP contribution in [-0.2, 0) is 4.79 Å². The molecule has 3 N–H and O–H groups in total. The average Bonchev–Trinajstić information content (AvgIpc) is 2.59. The minimum absolute atomic E-state index is 0.240. The highest BCUT2D eigenvalue weighted by atomic mass is 35.5. The number of hydrogen-bond donors (Lipinski definition) is 2. The van der Waals surface area contributed by atoms with Gasteiger partial charge in [0, 0.05) is 30.2 Å². The van der Waals surface area contributed by atoms with Gasteiger partial charge in [0.15, 0.2) is 5.78 Å². The quantitative estimate of drug-likeness (QED) is 0.370. The predicted molar refractivity (Wildman–Crippen MR) is 100 cm³/mol. The number of amidine groups is 1. The largest absolute Gasteiger partial charge is 0.378 e. The van der Waals surface area contributed by atoms with Crippen LogP contribution in [0.4, 0.5) is 5.69 Å². The molecule has 0 aliphatic carbocycles. The molecule has 6 nitrogen and oxygen atoms in total. The van der Waals surface area contributed by atoms with Crippen LogP contribution in [0, 0.1) is 0 Å². The summed E-state index contributed by atoms with van der Waals surface area (Å²) in [5.41, 5.74) is 9.20. The number of carbonyl (C=O) groups is 2. The van der Waals surface area contributed by atoms with Crippen molar-refractivity contribution in [1.29, 1.82) is 0 Å². The number of hydrazone groups is 1. The van der Waals surface area contributed by atoms with Crippen molar-refractivity contribution in [2.45, 2.75) is 0 Å². The van der Waals surface area contributed by atoms with Crippen LogP contribution in [0.5, 0.6) is 0 Å². The van der Waals surface area contributed by atoms with Gasteiger partial charge in [0.25, 0.3) is 5.91 Å². The number of benzene rings is 2. The summed E-state index contributed by atoms with van der Waals surface area (Å²) in [7, 11) is 3.11. The molecule has 0 saturated carbocycles. The molecule has 0 aliphatic heterocycles. The zero-order chi connectivity index (χ0) is 18.6. The Morgan fingerprint density at radius 1 is 1.08 bits per heavy atom. The van der Waals surface area contributed by atoms with Gasteiger partial charge in [-0.05, 0) is 30.3 Å². The zero-order valence-corrected chi connectivity index (χ0v) is 15.1. The molecule has 0 spiro atoms. The molecular formula is C17H16Cl2N4O2. The average molecular weight is 379 g/mol. The van der Waals surface area contributed by atoms with E-state index >= 15 is 0 Å². The van der Waals surface area contributed by atoms with E-state index in [1.54, 1.807) is 50.5 Å². The Morgan fingerprint density at radius 2 is 1.76 bits per heavy atom. The third-order valence-corrected chi connectivity index (χ3v) is 3.83. The van der Waals surface area contributed by atoms with Gasteiger partial charge in [-0.25, -0.2) is 0 Å². The van der Waals surface area contributed by atoms with Gasteiger partial charge in [0.1, 0.15) is 0 Å². The highest BCUT2D eigenvalue weighted by Gasteiger charge is 2.17. The first kappa shape index (κ1) is 18.8. The van der Waals surface area contributed by atoms with Gasteiger partial charge in [0.2, 0.25) is 5.84 Å². The molecule has 0 fully saturated rings. The summed E-state index contributed by atoms with van der Waals surface area (Å²) in [5, 5.41) is 4.53. The number of rotatable bonds is 4. The molecule has 0 aromatic heterocycles. The fourth-order valence-electron chi connectivity index (χ4n) is 1.99. The lowest BCUT2D eigenvalue weighted by Gasteiger charge is -2.12. The lowest BCUT2D eigenvalue weighted by Crippen LogP contribution is -2.36. The number of anilines is 1. The fraction of sp³-hybridized carbons (Fsp3) is 0.118. The molecule has 0 saturated heterocycles. The molecule has 8 heteroatoms. The molecule has 25 heavy (non-hydrogen) atoms. The van der Waals surface area contributed by atoms with Crippen LogP contribution in [-0.4, -0.2) is 36.5 Å². The van der Waals surface area contributed by atoms with E-state index < -0.39 is 5.91 Å². The van der Waals surface area contributed by atoms with Crippen molar-refractivity contribution >= 4 is 46.4 Å². The van der Waals surface area contributed by atoms with E-state index in [-0.39, 0.29) is 17.2 Å². The minimum Gasteiger partial charge on any atom is -0.378 e. The Bertz CT molecular complexity index is 850. The molecule has 0 heterocycles. The number of nitrogens with one attached hydrogen (secondary N) is 1. The molecule has 2 aromatic rings. The topological polar surface area (TPSA) is 87.8 Å². The van der Waals surface area contributed by atoms with E-state index in [0.29, 0.717) is 21.3 Å². The maximum absolute atomic E-state index is 12.8. The van der Waals surface area contributed by atoms with Crippen molar-refractivity contribution in [3.63, 3.8) is 0 Å². The first-order chi connectivity index (χ1) is 11.8. The molecule has 2 aromatic carbocycles. The van der Waals surface area contributed by atoms with E-state index in [0.717, 1.165) is 0 Å². The normalized spacial score (nSPS) is 11.1. The lowest BCUT2D eigenvalue weighted by molar-refractivity contribution is -0.121. The summed E-state index contributed by atoms with van der Waals surface area (Å²) in [6, 6.07) is 11.3. The zero-order valence-electron chi connectivity index (χ0n) is 13.6. The number of amides is 1. The number of nitrogens with zero attached hydrogens (tertiary/aromatic N) is 2. The van der Waals surface area contributed by atoms with E-state index in [2.05, 4.69) is 10.5 Å². The van der Waals surface area contributed by atoms with Crippen LogP contribution in [0.1, 0.15) is 15.9 Å². The van der Waals surface area contributed by atoms with Crippen LogP contribution in [0.3, 0.4) is 0 Å². The van der Waals surface area contributed by atoms with Crippen molar-refractivity contribution in [3.8, 4) is 0 Å². The Hall–Kier alpha value is -2.57.